The number of aromatic nitrogens is 1. The van der Waals surface area contributed by atoms with Crippen LogP contribution in [0.4, 0.5) is 26.3 Å². The zero-order valence-corrected chi connectivity index (χ0v) is 10.2. The van der Waals surface area contributed by atoms with E-state index in [1.807, 2.05) is 0 Å². The Balaban J connectivity index is 2.72. The quantitative estimate of drug-likeness (QED) is 0.710. The summed E-state index contributed by atoms with van der Waals surface area (Å²) >= 11 is 0. The molecule has 0 bridgehead atoms. The van der Waals surface area contributed by atoms with Crippen LogP contribution in [0, 0.1) is 6.92 Å². The smallest absolute Gasteiger partial charge is 0.360 e. The predicted octanol–water partition coefficient (Wildman–Crippen LogP) is 5.03. The van der Waals surface area contributed by atoms with Gasteiger partial charge in [0.25, 0.3) is 0 Å². The van der Waals surface area contributed by atoms with Crippen LogP contribution >= 0.6 is 0 Å². The Morgan fingerprint density at radius 1 is 0.900 bits per heavy atom. The van der Waals surface area contributed by atoms with Crippen LogP contribution in [0.5, 0.6) is 0 Å². The van der Waals surface area contributed by atoms with E-state index in [1.54, 1.807) is 0 Å². The van der Waals surface area contributed by atoms with E-state index in [2.05, 4.69) is 4.98 Å². The summed E-state index contributed by atoms with van der Waals surface area (Å²) in [6.07, 6.45) is -8.40. The van der Waals surface area contributed by atoms with Gasteiger partial charge in [0.15, 0.2) is 0 Å². The van der Waals surface area contributed by atoms with Crippen LogP contribution in [0.25, 0.3) is 11.3 Å². The average Bonchev–Trinajstić information content (AvgIpc) is 2.69. The van der Waals surface area contributed by atoms with Crippen molar-refractivity contribution >= 4 is 0 Å². The second-order valence-electron chi connectivity index (χ2n) is 4.26. The summed E-state index contributed by atoms with van der Waals surface area (Å²) in [5, 5.41) is 0. The number of hydrogen-bond donors (Lipinski definition) is 1. The molecule has 0 aliphatic rings. The van der Waals surface area contributed by atoms with Crippen LogP contribution in [0.2, 0.25) is 0 Å². The number of alkyl halides is 6. The number of aromatic amines is 1. The molecule has 20 heavy (non-hydrogen) atoms. The summed E-state index contributed by atoms with van der Waals surface area (Å²) in [4.78, 5) is 2.29. The number of hydrogen-bond acceptors (Lipinski definition) is 0. The van der Waals surface area contributed by atoms with Crippen LogP contribution in [-0.4, -0.2) is 4.98 Å². The molecule has 2 aromatic rings. The second kappa shape index (κ2) is 4.57. The van der Waals surface area contributed by atoms with Gasteiger partial charge in [0, 0.05) is 11.8 Å². The van der Waals surface area contributed by atoms with Crippen LogP contribution in [0.15, 0.2) is 30.5 Å². The standard InChI is InChI=1S/C13H9F6N/c1-7-6-20-11(10(7)13(17,18)19)8-4-2-3-5-9(8)12(14,15)16/h2-6,20H,1H3. The van der Waals surface area contributed by atoms with Gasteiger partial charge in [-0.25, -0.2) is 0 Å². The van der Waals surface area contributed by atoms with Crippen molar-refractivity contribution in [3.63, 3.8) is 0 Å². The summed E-state index contributed by atoms with van der Waals surface area (Å²) in [5.41, 5.74) is -3.41. The van der Waals surface area contributed by atoms with E-state index in [9.17, 15) is 26.3 Å². The molecule has 0 saturated heterocycles. The van der Waals surface area contributed by atoms with Crippen LogP contribution in [0.1, 0.15) is 16.7 Å². The highest BCUT2D eigenvalue weighted by molar-refractivity contribution is 5.70. The van der Waals surface area contributed by atoms with Gasteiger partial charge in [-0.15, -0.1) is 0 Å². The molecule has 108 valence electrons. The summed E-state index contributed by atoms with van der Waals surface area (Å²) in [7, 11) is 0. The number of aryl methyl sites for hydroxylation is 1. The summed E-state index contributed by atoms with van der Waals surface area (Å²) in [6.45, 7) is 1.19. The molecule has 1 nitrogen and oxygen atoms in total. The third-order valence-electron chi connectivity index (χ3n) is 2.86. The first-order valence-corrected chi connectivity index (χ1v) is 5.54. The van der Waals surface area contributed by atoms with Crippen molar-refractivity contribution in [2.45, 2.75) is 19.3 Å². The van der Waals surface area contributed by atoms with Crippen molar-refractivity contribution in [2.75, 3.05) is 0 Å². The van der Waals surface area contributed by atoms with Crippen molar-refractivity contribution in [1.82, 2.24) is 4.98 Å². The minimum Gasteiger partial charge on any atom is -0.360 e. The SMILES string of the molecule is Cc1c[nH]c(-c2ccccc2C(F)(F)F)c1C(F)(F)F. The maximum Gasteiger partial charge on any atom is 0.418 e. The van der Waals surface area contributed by atoms with Crippen molar-refractivity contribution in [1.29, 1.82) is 0 Å². The van der Waals surface area contributed by atoms with Crippen LogP contribution in [-0.2, 0) is 12.4 Å². The molecule has 0 atom stereocenters. The lowest BCUT2D eigenvalue weighted by atomic mass is 9.99. The lowest BCUT2D eigenvalue weighted by Crippen LogP contribution is -2.11. The van der Waals surface area contributed by atoms with Gasteiger partial charge in [-0.2, -0.15) is 26.3 Å². The van der Waals surface area contributed by atoms with Gasteiger partial charge in [0.2, 0.25) is 0 Å². The minimum atomic E-state index is -4.72. The highest BCUT2D eigenvalue weighted by atomic mass is 19.4. The van der Waals surface area contributed by atoms with E-state index in [4.69, 9.17) is 0 Å². The first-order valence-electron chi connectivity index (χ1n) is 5.54. The number of nitrogens with one attached hydrogen (secondary N) is 1. The fraction of sp³-hybridized carbons (Fsp3) is 0.231. The molecule has 0 aliphatic heterocycles. The van der Waals surface area contributed by atoms with E-state index >= 15 is 0 Å². The topological polar surface area (TPSA) is 15.8 Å². The van der Waals surface area contributed by atoms with E-state index in [1.165, 1.54) is 13.0 Å². The third kappa shape index (κ3) is 2.52. The Morgan fingerprint density at radius 2 is 1.50 bits per heavy atom. The summed E-state index contributed by atoms with van der Waals surface area (Å²) in [6, 6.07) is 4.17. The van der Waals surface area contributed by atoms with E-state index in [0.717, 1.165) is 24.4 Å². The van der Waals surface area contributed by atoms with Gasteiger partial charge >= 0.3 is 12.4 Å². The Labute approximate surface area is 110 Å². The molecule has 0 spiro atoms. The number of benzene rings is 1. The van der Waals surface area contributed by atoms with Gasteiger partial charge in [-0.05, 0) is 18.6 Å². The van der Waals surface area contributed by atoms with Gasteiger partial charge in [-0.1, -0.05) is 18.2 Å². The van der Waals surface area contributed by atoms with E-state index < -0.39 is 34.7 Å². The maximum absolute atomic E-state index is 13.0. The highest BCUT2D eigenvalue weighted by Gasteiger charge is 2.40. The average molecular weight is 293 g/mol. The Morgan fingerprint density at radius 3 is 2.05 bits per heavy atom. The van der Waals surface area contributed by atoms with E-state index in [-0.39, 0.29) is 5.56 Å². The van der Waals surface area contributed by atoms with Crippen molar-refractivity contribution in [3.8, 4) is 11.3 Å². The van der Waals surface area contributed by atoms with Gasteiger partial charge in [0.1, 0.15) is 0 Å². The summed E-state index contributed by atoms with van der Waals surface area (Å²) < 4.78 is 77.5. The molecule has 0 fully saturated rings. The molecule has 7 heteroatoms. The molecule has 1 heterocycles. The molecule has 1 aromatic heterocycles. The van der Waals surface area contributed by atoms with E-state index in [0.29, 0.717) is 0 Å². The van der Waals surface area contributed by atoms with Crippen LogP contribution < -0.4 is 0 Å². The number of H-pyrrole nitrogens is 1. The number of halogens is 6. The Kier molecular flexibility index (Phi) is 3.31. The Hall–Kier alpha value is -1.92. The van der Waals surface area contributed by atoms with Crippen LogP contribution in [0.3, 0.4) is 0 Å². The zero-order valence-electron chi connectivity index (χ0n) is 10.2. The molecule has 0 amide bonds. The first kappa shape index (κ1) is 14.5. The fourth-order valence-electron chi connectivity index (χ4n) is 2.05. The van der Waals surface area contributed by atoms with Gasteiger partial charge in [-0.3, -0.25) is 0 Å². The largest absolute Gasteiger partial charge is 0.418 e. The molecule has 0 radical (unpaired) electrons. The number of rotatable bonds is 1. The lowest BCUT2D eigenvalue weighted by Gasteiger charge is -2.15. The monoisotopic (exact) mass is 293 g/mol. The normalized spacial score (nSPS) is 12.8. The second-order valence-corrected chi connectivity index (χ2v) is 4.26. The molecule has 1 N–H and O–H groups in total. The molecule has 2 rings (SSSR count). The molecular formula is C13H9F6N. The molecular weight excluding hydrogens is 284 g/mol. The minimum absolute atomic E-state index is 0.149. The van der Waals surface area contributed by atoms with Gasteiger partial charge in [0.05, 0.1) is 16.8 Å². The first-order chi connectivity index (χ1) is 9.12. The van der Waals surface area contributed by atoms with Crippen molar-refractivity contribution < 1.29 is 26.3 Å². The Bertz CT molecular complexity index is 621. The highest BCUT2D eigenvalue weighted by Crippen LogP contribution is 2.43. The maximum atomic E-state index is 13.0. The molecule has 0 saturated carbocycles. The zero-order chi connectivity index (χ0) is 15.1. The molecule has 0 aliphatic carbocycles. The molecule has 0 unspecified atom stereocenters. The van der Waals surface area contributed by atoms with Gasteiger partial charge < -0.3 is 4.98 Å². The van der Waals surface area contributed by atoms with Crippen molar-refractivity contribution in [3.05, 3.63) is 47.2 Å². The fourth-order valence-corrected chi connectivity index (χ4v) is 2.05. The summed E-state index contributed by atoms with van der Waals surface area (Å²) in [5.74, 6) is 0. The predicted molar refractivity (Wildman–Crippen MR) is 61.0 cm³/mol. The molecule has 1 aromatic carbocycles. The lowest BCUT2D eigenvalue weighted by molar-refractivity contribution is -0.139. The van der Waals surface area contributed by atoms with Crippen molar-refractivity contribution in [2.24, 2.45) is 0 Å². The third-order valence-corrected chi connectivity index (χ3v) is 2.86.